The van der Waals surface area contributed by atoms with Gasteiger partial charge in [0.15, 0.2) is 0 Å². The fourth-order valence-electron chi connectivity index (χ4n) is 3.34. The number of carbonyl (C=O) groups excluding carboxylic acids is 1. The zero-order chi connectivity index (χ0) is 14.4. The van der Waals surface area contributed by atoms with E-state index in [0.717, 1.165) is 37.9 Å². The number of amides is 1. The maximum absolute atomic E-state index is 11.9. The number of hydrogen-bond acceptors (Lipinski definition) is 4. The molecule has 2 aliphatic rings. The highest BCUT2D eigenvalue weighted by molar-refractivity contribution is 5.85. The zero-order valence-electron chi connectivity index (χ0n) is 13.7. The Hall–Kier alpha value is -0.0700. The molecular formula is C15H31Cl2N3O2. The van der Waals surface area contributed by atoms with Crippen LogP contribution in [0.5, 0.6) is 0 Å². The molecule has 132 valence electrons. The molecule has 2 saturated heterocycles. The van der Waals surface area contributed by atoms with Crippen molar-refractivity contribution >= 4 is 30.7 Å². The van der Waals surface area contributed by atoms with Gasteiger partial charge in [0, 0.05) is 32.7 Å². The molecule has 22 heavy (non-hydrogen) atoms. The molecule has 0 saturated carbocycles. The highest BCUT2D eigenvalue weighted by Gasteiger charge is 2.22. The Morgan fingerprint density at radius 2 is 1.95 bits per heavy atom. The standard InChI is InChI=1S/C15H29N3O2.2ClH/c1-12-8-13(2)11-18(10-12)6-3-4-17-15(19)14-9-16-5-7-20-14;;/h12-14,16H,3-11H2,1-2H3,(H,17,19);2*1H. The minimum absolute atomic E-state index is 0. The van der Waals surface area contributed by atoms with Gasteiger partial charge in [0.2, 0.25) is 5.91 Å². The third-order valence-corrected chi connectivity index (χ3v) is 4.11. The molecule has 0 bridgehead atoms. The summed E-state index contributed by atoms with van der Waals surface area (Å²) in [6, 6.07) is 0. The van der Waals surface area contributed by atoms with Gasteiger partial charge in [-0.05, 0) is 31.2 Å². The lowest BCUT2D eigenvalue weighted by Gasteiger charge is -2.35. The number of likely N-dealkylation sites (tertiary alicyclic amines) is 1. The van der Waals surface area contributed by atoms with Crippen molar-refractivity contribution in [3.63, 3.8) is 0 Å². The van der Waals surface area contributed by atoms with E-state index in [2.05, 4.69) is 29.4 Å². The number of hydrogen-bond donors (Lipinski definition) is 2. The molecule has 0 aromatic rings. The number of piperidine rings is 1. The monoisotopic (exact) mass is 355 g/mol. The fourth-order valence-corrected chi connectivity index (χ4v) is 3.34. The van der Waals surface area contributed by atoms with Crippen molar-refractivity contribution in [2.24, 2.45) is 11.8 Å². The van der Waals surface area contributed by atoms with E-state index in [9.17, 15) is 4.79 Å². The largest absolute Gasteiger partial charge is 0.366 e. The van der Waals surface area contributed by atoms with Crippen molar-refractivity contribution in [2.45, 2.75) is 32.8 Å². The summed E-state index contributed by atoms with van der Waals surface area (Å²) in [5.41, 5.74) is 0. The Kier molecular flexibility index (Phi) is 11.4. The Labute approximate surface area is 146 Å². The molecule has 0 radical (unpaired) electrons. The molecule has 1 amide bonds. The molecule has 0 spiro atoms. The summed E-state index contributed by atoms with van der Waals surface area (Å²) < 4.78 is 5.43. The van der Waals surface area contributed by atoms with Gasteiger partial charge in [0.1, 0.15) is 6.10 Å². The van der Waals surface area contributed by atoms with E-state index in [-0.39, 0.29) is 36.8 Å². The Morgan fingerprint density at radius 1 is 1.27 bits per heavy atom. The summed E-state index contributed by atoms with van der Waals surface area (Å²) >= 11 is 0. The average molecular weight is 356 g/mol. The van der Waals surface area contributed by atoms with Crippen molar-refractivity contribution in [2.75, 3.05) is 45.9 Å². The third-order valence-electron chi connectivity index (χ3n) is 4.11. The number of nitrogens with one attached hydrogen (secondary N) is 2. The summed E-state index contributed by atoms with van der Waals surface area (Å²) in [4.78, 5) is 14.4. The van der Waals surface area contributed by atoms with E-state index >= 15 is 0 Å². The second-order valence-corrected chi connectivity index (χ2v) is 6.41. The van der Waals surface area contributed by atoms with E-state index in [1.807, 2.05) is 0 Å². The number of nitrogens with zero attached hydrogens (tertiary/aromatic N) is 1. The van der Waals surface area contributed by atoms with Crippen LogP contribution in [0, 0.1) is 11.8 Å². The van der Waals surface area contributed by atoms with Gasteiger partial charge in [0.25, 0.3) is 0 Å². The number of halogens is 2. The molecule has 2 rings (SSSR count). The van der Waals surface area contributed by atoms with Crippen LogP contribution in [0.2, 0.25) is 0 Å². The highest BCUT2D eigenvalue weighted by Crippen LogP contribution is 2.20. The number of carbonyl (C=O) groups is 1. The summed E-state index contributed by atoms with van der Waals surface area (Å²) in [6.07, 6.45) is 2.06. The predicted molar refractivity (Wildman–Crippen MR) is 94.1 cm³/mol. The highest BCUT2D eigenvalue weighted by atomic mass is 35.5. The second-order valence-electron chi connectivity index (χ2n) is 6.41. The molecule has 0 aliphatic carbocycles. The van der Waals surface area contributed by atoms with Crippen molar-refractivity contribution < 1.29 is 9.53 Å². The molecule has 7 heteroatoms. The normalized spacial score (nSPS) is 29.1. The Bertz CT molecular complexity index is 305. The Balaban J connectivity index is 0.00000220. The number of ether oxygens (including phenoxy) is 1. The quantitative estimate of drug-likeness (QED) is 0.730. The van der Waals surface area contributed by atoms with Crippen LogP contribution in [0.1, 0.15) is 26.7 Å². The molecule has 2 N–H and O–H groups in total. The second kappa shape index (κ2) is 11.5. The van der Waals surface area contributed by atoms with Gasteiger partial charge in [-0.15, -0.1) is 24.8 Å². The molecule has 3 unspecified atom stereocenters. The molecule has 2 fully saturated rings. The van der Waals surface area contributed by atoms with E-state index < -0.39 is 0 Å². The molecule has 0 aromatic heterocycles. The van der Waals surface area contributed by atoms with Crippen LogP contribution in [0.15, 0.2) is 0 Å². The van der Waals surface area contributed by atoms with Gasteiger partial charge in [-0.3, -0.25) is 4.79 Å². The van der Waals surface area contributed by atoms with Crippen LogP contribution >= 0.6 is 24.8 Å². The first kappa shape index (κ1) is 21.9. The van der Waals surface area contributed by atoms with Crippen molar-refractivity contribution in [3.8, 4) is 0 Å². The summed E-state index contributed by atoms with van der Waals surface area (Å²) in [6.45, 7) is 11.0. The molecule has 0 aromatic carbocycles. The lowest BCUT2D eigenvalue weighted by atomic mass is 9.92. The minimum Gasteiger partial charge on any atom is -0.366 e. The van der Waals surface area contributed by atoms with E-state index in [4.69, 9.17) is 4.74 Å². The third kappa shape index (κ3) is 7.47. The zero-order valence-corrected chi connectivity index (χ0v) is 15.3. The summed E-state index contributed by atoms with van der Waals surface area (Å²) in [5.74, 6) is 1.63. The van der Waals surface area contributed by atoms with Gasteiger partial charge >= 0.3 is 0 Å². The maximum atomic E-state index is 11.9. The van der Waals surface area contributed by atoms with E-state index in [1.54, 1.807) is 0 Å². The minimum atomic E-state index is -0.307. The first-order valence-electron chi connectivity index (χ1n) is 7.97. The summed E-state index contributed by atoms with van der Waals surface area (Å²) in [7, 11) is 0. The molecule has 3 atom stereocenters. The summed E-state index contributed by atoms with van der Waals surface area (Å²) in [5, 5.41) is 6.16. The predicted octanol–water partition coefficient (Wildman–Crippen LogP) is 1.30. The van der Waals surface area contributed by atoms with Gasteiger partial charge < -0.3 is 20.3 Å². The average Bonchev–Trinajstić information content (AvgIpc) is 2.43. The first-order valence-corrected chi connectivity index (χ1v) is 7.97. The van der Waals surface area contributed by atoms with Gasteiger partial charge in [-0.1, -0.05) is 13.8 Å². The first-order chi connectivity index (χ1) is 9.65. The van der Waals surface area contributed by atoms with Crippen LogP contribution < -0.4 is 10.6 Å². The van der Waals surface area contributed by atoms with Gasteiger partial charge in [-0.2, -0.15) is 0 Å². The number of morpholine rings is 1. The maximum Gasteiger partial charge on any atom is 0.250 e. The van der Waals surface area contributed by atoms with Gasteiger partial charge in [0.05, 0.1) is 6.61 Å². The fraction of sp³-hybridized carbons (Fsp3) is 0.933. The van der Waals surface area contributed by atoms with Crippen LogP contribution in [0.3, 0.4) is 0 Å². The number of rotatable bonds is 5. The molecular weight excluding hydrogens is 325 g/mol. The lowest BCUT2D eigenvalue weighted by molar-refractivity contribution is -0.134. The van der Waals surface area contributed by atoms with Crippen molar-refractivity contribution in [1.82, 2.24) is 15.5 Å². The van der Waals surface area contributed by atoms with E-state index in [0.29, 0.717) is 13.2 Å². The van der Waals surface area contributed by atoms with E-state index in [1.165, 1.54) is 19.5 Å². The Morgan fingerprint density at radius 3 is 2.55 bits per heavy atom. The van der Waals surface area contributed by atoms with Crippen molar-refractivity contribution in [3.05, 3.63) is 0 Å². The molecule has 2 aliphatic heterocycles. The van der Waals surface area contributed by atoms with Gasteiger partial charge in [-0.25, -0.2) is 0 Å². The van der Waals surface area contributed by atoms with Crippen LogP contribution in [0.25, 0.3) is 0 Å². The lowest BCUT2D eigenvalue weighted by Crippen LogP contribution is -2.48. The van der Waals surface area contributed by atoms with Crippen molar-refractivity contribution in [1.29, 1.82) is 0 Å². The van der Waals surface area contributed by atoms with Crippen LogP contribution in [0.4, 0.5) is 0 Å². The van der Waals surface area contributed by atoms with Crippen LogP contribution in [-0.4, -0.2) is 62.8 Å². The van der Waals surface area contributed by atoms with Crippen LogP contribution in [-0.2, 0) is 9.53 Å². The molecule has 5 nitrogen and oxygen atoms in total. The smallest absolute Gasteiger partial charge is 0.250 e. The topological polar surface area (TPSA) is 53.6 Å². The molecule has 2 heterocycles. The SMILES string of the molecule is CC1CC(C)CN(CCCNC(=O)C2CNCCO2)C1.Cl.Cl.